The Bertz CT molecular complexity index is 617. The van der Waals surface area contributed by atoms with Gasteiger partial charge in [-0.1, -0.05) is 22.5 Å². The van der Waals surface area contributed by atoms with Crippen LogP contribution in [-0.2, 0) is 0 Å². The standard InChI is InChI=1S/C16H19BrN2O2/c1-10(8-18-16(2,3)4)9-19-14(20)12-6-5-11(17)7-13(12)15(19)21/h5-7,18H,1,8-9H2,2-4H3. The summed E-state index contributed by atoms with van der Waals surface area (Å²) in [7, 11) is 0. The minimum atomic E-state index is -0.256. The molecule has 0 atom stereocenters. The molecular formula is C16H19BrN2O2. The fourth-order valence-corrected chi connectivity index (χ4v) is 2.44. The highest BCUT2D eigenvalue weighted by Crippen LogP contribution is 2.26. The van der Waals surface area contributed by atoms with E-state index in [1.807, 2.05) is 0 Å². The number of nitrogens with one attached hydrogen (secondary N) is 1. The van der Waals surface area contributed by atoms with Gasteiger partial charge in [-0.05, 0) is 44.5 Å². The van der Waals surface area contributed by atoms with Crippen LogP contribution in [-0.4, -0.2) is 35.3 Å². The first-order valence-corrected chi connectivity index (χ1v) is 7.56. The Morgan fingerprint density at radius 2 is 1.86 bits per heavy atom. The molecule has 0 fully saturated rings. The molecule has 1 aromatic rings. The topological polar surface area (TPSA) is 49.4 Å². The molecule has 5 heteroatoms. The van der Waals surface area contributed by atoms with Crippen molar-refractivity contribution in [3.63, 3.8) is 0 Å². The first kappa shape index (κ1) is 15.9. The van der Waals surface area contributed by atoms with E-state index in [2.05, 4.69) is 48.6 Å². The maximum Gasteiger partial charge on any atom is 0.261 e. The number of carbonyl (C=O) groups excluding carboxylic acids is 2. The monoisotopic (exact) mass is 350 g/mol. The van der Waals surface area contributed by atoms with Gasteiger partial charge in [0, 0.05) is 16.6 Å². The highest BCUT2D eigenvalue weighted by molar-refractivity contribution is 9.10. The van der Waals surface area contributed by atoms with Crippen LogP contribution in [0.1, 0.15) is 41.5 Å². The number of halogens is 1. The maximum atomic E-state index is 12.3. The summed E-state index contributed by atoms with van der Waals surface area (Å²) in [5.74, 6) is -0.507. The third kappa shape index (κ3) is 3.60. The molecule has 0 saturated heterocycles. The van der Waals surface area contributed by atoms with Gasteiger partial charge in [-0.15, -0.1) is 0 Å². The number of carbonyl (C=O) groups is 2. The first-order valence-electron chi connectivity index (χ1n) is 6.76. The molecule has 0 spiro atoms. The molecular weight excluding hydrogens is 332 g/mol. The van der Waals surface area contributed by atoms with Crippen molar-refractivity contribution in [3.05, 3.63) is 46.0 Å². The van der Waals surface area contributed by atoms with Crippen molar-refractivity contribution in [2.45, 2.75) is 26.3 Å². The molecule has 1 N–H and O–H groups in total. The van der Waals surface area contributed by atoms with E-state index >= 15 is 0 Å². The van der Waals surface area contributed by atoms with E-state index in [9.17, 15) is 9.59 Å². The molecule has 1 aliphatic rings. The number of fused-ring (bicyclic) bond motifs is 1. The summed E-state index contributed by atoms with van der Waals surface area (Å²) in [4.78, 5) is 25.9. The van der Waals surface area contributed by atoms with Crippen molar-refractivity contribution in [2.75, 3.05) is 13.1 Å². The van der Waals surface area contributed by atoms with Gasteiger partial charge in [0.05, 0.1) is 17.7 Å². The fraction of sp³-hybridized carbons (Fsp3) is 0.375. The molecule has 0 aromatic heterocycles. The van der Waals surface area contributed by atoms with Gasteiger partial charge in [0.1, 0.15) is 0 Å². The summed E-state index contributed by atoms with van der Waals surface area (Å²) >= 11 is 3.32. The zero-order chi connectivity index (χ0) is 15.8. The predicted molar refractivity (Wildman–Crippen MR) is 86.4 cm³/mol. The molecule has 21 heavy (non-hydrogen) atoms. The van der Waals surface area contributed by atoms with E-state index < -0.39 is 0 Å². The Hall–Kier alpha value is -1.46. The minimum absolute atomic E-state index is 0.0319. The zero-order valence-electron chi connectivity index (χ0n) is 12.5. The number of amides is 2. The van der Waals surface area contributed by atoms with E-state index in [4.69, 9.17) is 0 Å². The van der Waals surface area contributed by atoms with Crippen LogP contribution in [0.3, 0.4) is 0 Å². The van der Waals surface area contributed by atoms with Gasteiger partial charge >= 0.3 is 0 Å². The molecule has 1 heterocycles. The molecule has 2 amide bonds. The van der Waals surface area contributed by atoms with Crippen molar-refractivity contribution in [1.29, 1.82) is 0 Å². The molecule has 2 rings (SSSR count). The predicted octanol–water partition coefficient (Wildman–Crippen LogP) is 2.99. The van der Waals surface area contributed by atoms with Crippen molar-refractivity contribution in [3.8, 4) is 0 Å². The van der Waals surface area contributed by atoms with Crippen LogP contribution in [0.4, 0.5) is 0 Å². The number of nitrogens with zero attached hydrogens (tertiary/aromatic N) is 1. The van der Waals surface area contributed by atoms with E-state index in [1.165, 1.54) is 4.90 Å². The molecule has 0 radical (unpaired) electrons. The van der Waals surface area contributed by atoms with Crippen molar-refractivity contribution in [2.24, 2.45) is 0 Å². The lowest BCUT2D eigenvalue weighted by Crippen LogP contribution is -2.39. The van der Waals surface area contributed by atoms with Crippen LogP contribution in [0, 0.1) is 0 Å². The second kappa shape index (κ2) is 5.73. The molecule has 1 aliphatic heterocycles. The average Bonchev–Trinajstić information content (AvgIpc) is 2.60. The molecule has 0 bridgehead atoms. The lowest BCUT2D eigenvalue weighted by molar-refractivity contribution is 0.0667. The largest absolute Gasteiger partial charge is 0.308 e. The molecule has 0 saturated carbocycles. The summed E-state index contributed by atoms with van der Waals surface area (Å²) in [6.45, 7) is 10.9. The Labute approximate surface area is 133 Å². The van der Waals surface area contributed by atoms with Gasteiger partial charge in [-0.25, -0.2) is 0 Å². The summed E-state index contributed by atoms with van der Waals surface area (Å²) in [5.41, 5.74) is 1.68. The molecule has 0 unspecified atom stereocenters. The second-order valence-corrected chi connectivity index (χ2v) is 7.16. The van der Waals surface area contributed by atoms with Gasteiger partial charge in [0.25, 0.3) is 11.8 Å². The molecule has 4 nitrogen and oxygen atoms in total. The Morgan fingerprint density at radius 1 is 1.24 bits per heavy atom. The molecule has 1 aromatic carbocycles. The number of hydrogen-bond acceptors (Lipinski definition) is 3. The highest BCUT2D eigenvalue weighted by Gasteiger charge is 2.35. The zero-order valence-corrected chi connectivity index (χ0v) is 14.1. The third-order valence-corrected chi connectivity index (χ3v) is 3.68. The van der Waals surface area contributed by atoms with Crippen LogP contribution in [0.2, 0.25) is 0 Å². The van der Waals surface area contributed by atoms with Crippen LogP contribution in [0.25, 0.3) is 0 Å². The van der Waals surface area contributed by atoms with Gasteiger partial charge < -0.3 is 5.32 Å². The summed E-state index contributed by atoms with van der Waals surface area (Å²) in [5, 5.41) is 3.30. The van der Waals surface area contributed by atoms with E-state index in [0.717, 1.165) is 10.0 Å². The lowest BCUT2D eigenvalue weighted by atomic mass is 10.1. The van der Waals surface area contributed by atoms with Gasteiger partial charge in [-0.2, -0.15) is 0 Å². The SMILES string of the molecule is C=C(CNC(C)(C)C)CN1C(=O)c2ccc(Br)cc2C1=O. The second-order valence-electron chi connectivity index (χ2n) is 6.24. The smallest absolute Gasteiger partial charge is 0.261 e. The van der Waals surface area contributed by atoms with E-state index in [-0.39, 0.29) is 23.9 Å². The number of imide groups is 1. The van der Waals surface area contributed by atoms with Crippen LogP contribution >= 0.6 is 15.9 Å². The van der Waals surface area contributed by atoms with E-state index in [0.29, 0.717) is 17.7 Å². The number of hydrogen-bond donors (Lipinski definition) is 1. The van der Waals surface area contributed by atoms with Crippen molar-refractivity contribution >= 4 is 27.7 Å². The maximum absolute atomic E-state index is 12.3. The fourth-order valence-electron chi connectivity index (χ4n) is 2.08. The van der Waals surface area contributed by atoms with Gasteiger partial charge in [0.15, 0.2) is 0 Å². The first-order chi connectivity index (χ1) is 9.69. The summed E-state index contributed by atoms with van der Waals surface area (Å²) in [6.07, 6.45) is 0. The third-order valence-electron chi connectivity index (χ3n) is 3.18. The van der Waals surface area contributed by atoms with Crippen LogP contribution < -0.4 is 5.32 Å². The minimum Gasteiger partial charge on any atom is -0.308 e. The Balaban J connectivity index is 2.08. The highest BCUT2D eigenvalue weighted by atomic mass is 79.9. The Morgan fingerprint density at radius 3 is 2.48 bits per heavy atom. The average molecular weight is 351 g/mol. The van der Waals surface area contributed by atoms with Crippen LogP contribution in [0.15, 0.2) is 34.8 Å². The molecule has 0 aliphatic carbocycles. The van der Waals surface area contributed by atoms with Gasteiger partial charge in [0.2, 0.25) is 0 Å². The Kier molecular flexibility index (Phi) is 4.35. The molecule has 112 valence electrons. The van der Waals surface area contributed by atoms with Crippen molar-refractivity contribution < 1.29 is 9.59 Å². The van der Waals surface area contributed by atoms with Crippen molar-refractivity contribution in [1.82, 2.24) is 10.2 Å². The number of rotatable bonds is 4. The van der Waals surface area contributed by atoms with Gasteiger partial charge in [-0.3, -0.25) is 14.5 Å². The summed E-state index contributed by atoms with van der Waals surface area (Å²) in [6, 6.07) is 5.13. The van der Waals surface area contributed by atoms with Crippen LogP contribution in [0.5, 0.6) is 0 Å². The van der Waals surface area contributed by atoms with E-state index in [1.54, 1.807) is 18.2 Å². The number of benzene rings is 1. The summed E-state index contributed by atoms with van der Waals surface area (Å²) < 4.78 is 0.789. The lowest BCUT2D eigenvalue weighted by Gasteiger charge is -2.23. The normalized spacial score (nSPS) is 14.6. The quantitative estimate of drug-likeness (QED) is 0.670.